The number of aryl methyl sites for hydroxylation is 2. The molecule has 1 aromatic heterocycles. The first-order valence-electron chi connectivity index (χ1n) is 9.73. The number of carbonyl (C=O) groups is 1. The molecule has 0 aliphatic carbocycles. The van der Waals surface area contributed by atoms with E-state index in [1.807, 2.05) is 81.4 Å². The number of urea groups is 1. The van der Waals surface area contributed by atoms with Gasteiger partial charge in [-0.2, -0.15) is 0 Å². The molecule has 2 aromatic carbocycles. The van der Waals surface area contributed by atoms with Gasteiger partial charge in [0.25, 0.3) is 5.56 Å². The minimum atomic E-state index is -0.224. The molecule has 1 heterocycles. The maximum Gasteiger partial charge on any atom is 0.322 e. The number of benzene rings is 2. The van der Waals surface area contributed by atoms with E-state index < -0.39 is 0 Å². The third-order valence-electron chi connectivity index (χ3n) is 5.01. The molecule has 0 spiro atoms. The summed E-state index contributed by atoms with van der Waals surface area (Å²) in [5.41, 5.74) is 4.12. The van der Waals surface area contributed by atoms with E-state index in [-0.39, 0.29) is 18.1 Å². The van der Waals surface area contributed by atoms with Gasteiger partial charge in [-0.1, -0.05) is 30.3 Å². The number of aromatic amines is 1. The van der Waals surface area contributed by atoms with Crippen molar-refractivity contribution in [2.24, 2.45) is 0 Å². The molecule has 0 atom stereocenters. The predicted octanol–water partition coefficient (Wildman–Crippen LogP) is 3.74. The van der Waals surface area contributed by atoms with E-state index >= 15 is 0 Å². The van der Waals surface area contributed by atoms with Crippen molar-refractivity contribution in [1.29, 1.82) is 0 Å². The minimum Gasteiger partial charge on any atom is -0.321 e. The molecule has 0 bridgehead atoms. The normalized spacial score (nSPS) is 11.1. The lowest BCUT2D eigenvalue weighted by atomic mass is 10.0. The molecule has 152 valence electrons. The largest absolute Gasteiger partial charge is 0.322 e. The molecule has 3 rings (SSSR count). The number of carbonyl (C=O) groups excluding carboxylic acids is 1. The van der Waals surface area contributed by atoms with Gasteiger partial charge in [-0.25, -0.2) is 4.79 Å². The van der Waals surface area contributed by atoms with E-state index in [1.54, 1.807) is 4.90 Å². The average Bonchev–Trinajstić information content (AvgIpc) is 2.69. The van der Waals surface area contributed by atoms with Gasteiger partial charge >= 0.3 is 6.03 Å². The summed E-state index contributed by atoms with van der Waals surface area (Å²) in [7, 11) is 3.92. The molecule has 0 unspecified atom stereocenters. The van der Waals surface area contributed by atoms with Crippen LogP contribution in [0.4, 0.5) is 10.5 Å². The van der Waals surface area contributed by atoms with Crippen molar-refractivity contribution in [3.05, 3.63) is 75.6 Å². The van der Waals surface area contributed by atoms with Crippen LogP contribution in [-0.2, 0) is 6.54 Å². The molecule has 0 saturated heterocycles. The van der Waals surface area contributed by atoms with Gasteiger partial charge in [0.15, 0.2) is 0 Å². The van der Waals surface area contributed by atoms with Crippen LogP contribution >= 0.6 is 0 Å². The molecule has 3 aromatic rings. The predicted molar refractivity (Wildman–Crippen MR) is 118 cm³/mol. The number of hydrogen-bond acceptors (Lipinski definition) is 3. The van der Waals surface area contributed by atoms with Crippen LogP contribution in [0.2, 0.25) is 0 Å². The van der Waals surface area contributed by atoms with E-state index in [2.05, 4.69) is 10.3 Å². The smallest absolute Gasteiger partial charge is 0.321 e. The van der Waals surface area contributed by atoms with Gasteiger partial charge in [0.05, 0.1) is 12.1 Å². The number of fused-ring (bicyclic) bond motifs is 1. The van der Waals surface area contributed by atoms with Crippen molar-refractivity contribution >= 4 is 22.6 Å². The van der Waals surface area contributed by atoms with Crippen LogP contribution in [0, 0.1) is 13.8 Å². The zero-order valence-electron chi connectivity index (χ0n) is 17.5. The lowest BCUT2D eigenvalue weighted by Gasteiger charge is -2.25. The second-order valence-electron chi connectivity index (χ2n) is 7.63. The molecular formula is C23H28N4O2. The minimum absolute atomic E-state index is 0.159. The van der Waals surface area contributed by atoms with Crippen LogP contribution in [0.25, 0.3) is 10.9 Å². The maximum absolute atomic E-state index is 12.9. The molecule has 2 amide bonds. The molecule has 6 heteroatoms. The van der Waals surface area contributed by atoms with Crippen LogP contribution in [0.5, 0.6) is 0 Å². The molecule has 6 nitrogen and oxygen atoms in total. The van der Waals surface area contributed by atoms with Gasteiger partial charge in [-0.05, 0) is 57.3 Å². The number of hydrogen-bond donors (Lipinski definition) is 2. The van der Waals surface area contributed by atoms with E-state index in [1.165, 1.54) is 0 Å². The fraction of sp³-hybridized carbons (Fsp3) is 0.304. The summed E-state index contributed by atoms with van der Waals surface area (Å²) in [6.07, 6.45) is 0. The highest BCUT2D eigenvalue weighted by Gasteiger charge is 2.17. The number of rotatable bonds is 6. The van der Waals surface area contributed by atoms with Gasteiger partial charge in [-0.3, -0.25) is 4.79 Å². The van der Waals surface area contributed by atoms with Crippen molar-refractivity contribution in [2.45, 2.75) is 20.4 Å². The number of likely N-dealkylation sites (N-methyl/N-ethyl adjacent to an activating group) is 1. The quantitative estimate of drug-likeness (QED) is 0.671. The SMILES string of the molecule is Cc1ccc(C)c2[nH]c(=O)c(CN(CCN(C)C)C(=O)Nc3ccccc3)cc12. The average molecular weight is 393 g/mol. The topological polar surface area (TPSA) is 68.4 Å². The standard InChI is InChI=1S/C23H28N4O2/c1-16-10-11-17(2)21-20(16)14-18(22(28)25-21)15-27(13-12-26(3)4)23(29)24-19-8-6-5-7-9-19/h5-11,14H,12-13,15H2,1-4H3,(H,24,29)(H,25,28). The highest BCUT2D eigenvalue weighted by molar-refractivity contribution is 5.89. The Balaban J connectivity index is 1.90. The zero-order chi connectivity index (χ0) is 21.0. The summed E-state index contributed by atoms with van der Waals surface area (Å²) < 4.78 is 0. The van der Waals surface area contributed by atoms with Crippen molar-refractivity contribution in [2.75, 3.05) is 32.5 Å². The van der Waals surface area contributed by atoms with Crippen LogP contribution in [0.3, 0.4) is 0 Å². The Morgan fingerprint density at radius 1 is 1.00 bits per heavy atom. The number of pyridine rings is 1. The first-order valence-corrected chi connectivity index (χ1v) is 9.73. The fourth-order valence-corrected chi connectivity index (χ4v) is 3.24. The number of nitrogens with zero attached hydrogens (tertiary/aromatic N) is 2. The molecule has 0 radical (unpaired) electrons. The van der Waals surface area contributed by atoms with Crippen LogP contribution in [-0.4, -0.2) is 48.0 Å². The molecule has 0 fully saturated rings. The maximum atomic E-state index is 12.9. The highest BCUT2D eigenvalue weighted by atomic mass is 16.2. The summed E-state index contributed by atoms with van der Waals surface area (Å²) >= 11 is 0. The van der Waals surface area contributed by atoms with E-state index in [0.29, 0.717) is 18.7 Å². The fourth-order valence-electron chi connectivity index (χ4n) is 3.24. The lowest BCUT2D eigenvalue weighted by Crippen LogP contribution is -2.40. The Kier molecular flexibility index (Phi) is 6.34. The first kappa shape index (κ1) is 20.6. The van der Waals surface area contributed by atoms with Gasteiger partial charge in [0, 0.05) is 29.7 Å². The lowest BCUT2D eigenvalue weighted by molar-refractivity contribution is 0.202. The zero-order valence-corrected chi connectivity index (χ0v) is 17.5. The third-order valence-corrected chi connectivity index (χ3v) is 5.01. The molecule has 2 N–H and O–H groups in total. The first-order chi connectivity index (χ1) is 13.8. The molecular weight excluding hydrogens is 364 g/mol. The summed E-state index contributed by atoms with van der Waals surface area (Å²) in [6, 6.07) is 15.1. The summed E-state index contributed by atoms with van der Waals surface area (Å²) in [6.45, 7) is 5.46. The number of anilines is 1. The van der Waals surface area contributed by atoms with Gasteiger partial charge < -0.3 is 20.1 Å². The summed E-state index contributed by atoms with van der Waals surface area (Å²) in [4.78, 5) is 32.3. The number of aromatic nitrogens is 1. The van der Waals surface area contributed by atoms with Gasteiger partial charge in [0.1, 0.15) is 0 Å². The van der Waals surface area contributed by atoms with Crippen LogP contribution < -0.4 is 10.9 Å². The Bertz CT molecular complexity index is 1060. The molecule has 0 aliphatic rings. The van der Waals surface area contributed by atoms with Crippen LogP contribution in [0.1, 0.15) is 16.7 Å². The molecule has 29 heavy (non-hydrogen) atoms. The van der Waals surface area contributed by atoms with E-state index in [9.17, 15) is 9.59 Å². The molecule has 0 saturated carbocycles. The number of para-hydroxylation sites is 1. The Morgan fingerprint density at radius 3 is 2.38 bits per heavy atom. The van der Waals surface area contributed by atoms with Gasteiger partial charge in [0.2, 0.25) is 0 Å². The number of H-pyrrole nitrogens is 1. The van der Waals surface area contributed by atoms with Crippen molar-refractivity contribution in [3.8, 4) is 0 Å². The van der Waals surface area contributed by atoms with Crippen molar-refractivity contribution < 1.29 is 4.79 Å². The monoisotopic (exact) mass is 392 g/mol. The Labute approximate surface area is 171 Å². The highest BCUT2D eigenvalue weighted by Crippen LogP contribution is 2.20. The number of amides is 2. The molecule has 0 aliphatic heterocycles. The Hall–Kier alpha value is -3.12. The summed E-state index contributed by atoms with van der Waals surface area (Å²) in [5, 5.41) is 3.93. The number of nitrogens with one attached hydrogen (secondary N) is 2. The second-order valence-corrected chi connectivity index (χ2v) is 7.63. The summed E-state index contributed by atoms with van der Waals surface area (Å²) in [5.74, 6) is 0. The second kappa shape index (κ2) is 8.92. The third kappa shape index (κ3) is 5.03. The van der Waals surface area contributed by atoms with E-state index in [4.69, 9.17) is 0 Å². The van der Waals surface area contributed by atoms with E-state index in [0.717, 1.165) is 27.7 Å². The van der Waals surface area contributed by atoms with Crippen molar-refractivity contribution in [1.82, 2.24) is 14.8 Å². The van der Waals surface area contributed by atoms with Crippen molar-refractivity contribution in [3.63, 3.8) is 0 Å². The Morgan fingerprint density at radius 2 is 1.69 bits per heavy atom. The van der Waals surface area contributed by atoms with Crippen LogP contribution in [0.15, 0.2) is 53.3 Å². The van der Waals surface area contributed by atoms with Gasteiger partial charge in [-0.15, -0.1) is 0 Å².